The van der Waals surface area contributed by atoms with Gasteiger partial charge in [-0.2, -0.15) is 0 Å². The second-order valence-electron chi connectivity index (χ2n) is 2.89. The van der Waals surface area contributed by atoms with Gasteiger partial charge in [-0.25, -0.2) is 13.1 Å². The fourth-order valence-corrected chi connectivity index (χ4v) is 3.05. The summed E-state index contributed by atoms with van der Waals surface area (Å²) in [5, 5.41) is 0.207. The first-order chi connectivity index (χ1) is 7.34. The summed E-state index contributed by atoms with van der Waals surface area (Å²) in [5.41, 5.74) is 0. The van der Waals surface area contributed by atoms with E-state index in [9.17, 15) is 8.42 Å². The summed E-state index contributed by atoms with van der Waals surface area (Å²) in [6.07, 6.45) is 0. The first kappa shape index (κ1) is 14.0. The van der Waals surface area contributed by atoms with E-state index in [0.29, 0.717) is 4.48 Å². The summed E-state index contributed by atoms with van der Waals surface area (Å²) < 4.78 is 26.4. The minimum absolute atomic E-state index is 0.0110. The number of nitrogens with one attached hydrogen (secondary N) is 1. The van der Waals surface area contributed by atoms with Crippen molar-refractivity contribution in [3.8, 4) is 0 Å². The number of sulfonamides is 1. The van der Waals surface area contributed by atoms with E-state index in [4.69, 9.17) is 23.2 Å². The largest absolute Gasteiger partial charge is 0.242 e. The Labute approximate surface area is 113 Å². The molecule has 0 aromatic heterocycles. The molecular weight excluding hydrogens is 337 g/mol. The Bertz CT molecular complexity index is 516. The fraction of sp³-hybridized carbons (Fsp3) is 0.111. The Hall–Kier alpha value is -0.0700. The van der Waals surface area contributed by atoms with Gasteiger partial charge in [-0.3, -0.25) is 0 Å². The average Bonchev–Trinajstić information content (AvgIpc) is 2.19. The molecule has 1 aromatic carbocycles. The molecule has 0 radical (unpaired) electrons. The molecule has 0 spiro atoms. The highest BCUT2D eigenvalue weighted by Crippen LogP contribution is 2.28. The number of rotatable bonds is 4. The van der Waals surface area contributed by atoms with Gasteiger partial charge in [0.05, 0.1) is 10.0 Å². The average molecular weight is 345 g/mol. The molecule has 88 valence electrons. The minimum Gasteiger partial charge on any atom is -0.207 e. The summed E-state index contributed by atoms with van der Waals surface area (Å²) in [4.78, 5) is -0.0459. The van der Waals surface area contributed by atoms with Crippen molar-refractivity contribution in [2.24, 2.45) is 0 Å². The van der Waals surface area contributed by atoms with Crippen LogP contribution in [0.2, 0.25) is 10.0 Å². The van der Waals surface area contributed by atoms with Crippen molar-refractivity contribution in [1.82, 2.24) is 4.72 Å². The number of halogens is 3. The Morgan fingerprint density at radius 2 is 2.06 bits per heavy atom. The summed E-state index contributed by atoms with van der Waals surface area (Å²) in [6.45, 7) is 3.61. The van der Waals surface area contributed by atoms with Gasteiger partial charge in [0.15, 0.2) is 0 Å². The van der Waals surface area contributed by atoms with Crippen LogP contribution in [-0.4, -0.2) is 15.0 Å². The molecule has 3 nitrogen and oxygen atoms in total. The van der Waals surface area contributed by atoms with Crippen LogP contribution in [0.1, 0.15) is 0 Å². The first-order valence-electron chi connectivity index (χ1n) is 4.11. The highest BCUT2D eigenvalue weighted by molar-refractivity contribution is 9.11. The second-order valence-corrected chi connectivity index (χ2v) is 6.54. The fourth-order valence-electron chi connectivity index (χ4n) is 0.943. The van der Waals surface area contributed by atoms with Crippen molar-refractivity contribution in [3.05, 3.63) is 39.3 Å². The predicted octanol–water partition coefficient (Wildman–Crippen LogP) is 3.18. The first-order valence-corrected chi connectivity index (χ1v) is 7.15. The molecule has 0 fully saturated rings. The molecule has 7 heteroatoms. The van der Waals surface area contributed by atoms with Crippen molar-refractivity contribution < 1.29 is 8.42 Å². The van der Waals surface area contributed by atoms with Crippen LogP contribution in [0.3, 0.4) is 0 Å². The predicted molar refractivity (Wildman–Crippen MR) is 69.7 cm³/mol. The molecule has 0 atom stereocenters. The topological polar surface area (TPSA) is 46.2 Å². The summed E-state index contributed by atoms with van der Waals surface area (Å²) in [5.74, 6) is 0. The molecule has 0 saturated carbocycles. The van der Waals surface area contributed by atoms with Crippen LogP contribution in [0.5, 0.6) is 0 Å². The van der Waals surface area contributed by atoms with Crippen molar-refractivity contribution in [2.45, 2.75) is 4.90 Å². The van der Waals surface area contributed by atoms with Crippen LogP contribution in [0.25, 0.3) is 0 Å². The highest BCUT2D eigenvalue weighted by Gasteiger charge is 2.18. The summed E-state index contributed by atoms with van der Waals surface area (Å²) in [7, 11) is -3.67. The van der Waals surface area contributed by atoms with Gasteiger partial charge in [0.25, 0.3) is 0 Å². The summed E-state index contributed by atoms with van der Waals surface area (Å²) >= 11 is 14.6. The normalized spacial score (nSPS) is 11.4. The molecule has 0 amide bonds. The molecule has 1 rings (SSSR count). The number of benzene rings is 1. The van der Waals surface area contributed by atoms with E-state index >= 15 is 0 Å². The van der Waals surface area contributed by atoms with Crippen LogP contribution in [0.15, 0.2) is 34.2 Å². The smallest absolute Gasteiger partial charge is 0.207 e. The van der Waals surface area contributed by atoms with Crippen molar-refractivity contribution in [2.75, 3.05) is 6.54 Å². The Morgan fingerprint density at radius 1 is 1.44 bits per heavy atom. The second kappa shape index (κ2) is 5.51. The van der Waals surface area contributed by atoms with Gasteiger partial charge < -0.3 is 0 Å². The highest BCUT2D eigenvalue weighted by atomic mass is 79.9. The lowest BCUT2D eigenvalue weighted by atomic mass is 10.4. The zero-order valence-electron chi connectivity index (χ0n) is 8.00. The van der Waals surface area contributed by atoms with Crippen LogP contribution >= 0.6 is 39.1 Å². The molecule has 0 aliphatic carbocycles. The minimum atomic E-state index is -3.67. The van der Waals surface area contributed by atoms with E-state index in [1.54, 1.807) is 0 Å². The molecular formula is C9H8BrCl2NO2S. The van der Waals surface area contributed by atoms with E-state index in [2.05, 4.69) is 27.2 Å². The molecule has 0 bridgehead atoms. The van der Waals surface area contributed by atoms with E-state index in [1.165, 1.54) is 18.2 Å². The van der Waals surface area contributed by atoms with Gasteiger partial charge in [0, 0.05) is 11.0 Å². The third kappa shape index (κ3) is 3.46. The van der Waals surface area contributed by atoms with E-state index < -0.39 is 10.0 Å². The SMILES string of the molecule is C=C(Br)CNS(=O)(=O)c1cccc(Cl)c1Cl. The van der Waals surface area contributed by atoms with Gasteiger partial charge in [0.2, 0.25) is 10.0 Å². The van der Waals surface area contributed by atoms with Crippen LogP contribution in [-0.2, 0) is 10.0 Å². The lowest BCUT2D eigenvalue weighted by Crippen LogP contribution is -2.25. The van der Waals surface area contributed by atoms with Crippen molar-refractivity contribution in [3.63, 3.8) is 0 Å². The molecule has 0 aliphatic rings. The maximum absolute atomic E-state index is 11.8. The molecule has 0 saturated heterocycles. The van der Waals surface area contributed by atoms with E-state index in [1.807, 2.05) is 0 Å². The van der Waals surface area contributed by atoms with Gasteiger partial charge in [-0.15, -0.1) is 0 Å². The van der Waals surface area contributed by atoms with Gasteiger partial charge in [-0.05, 0) is 12.1 Å². The lowest BCUT2D eigenvalue weighted by Gasteiger charge is -2.08. The van der Waals surface area contributed by atoms with Gasteiger partial charge in [-0.1, -0.05) is 51.8 Å². The Morgan fingerprint density at radius 3 is 2.62 bits per heavy atom. The van der Waals surface area contributed by atoms with E-state index in [0.717, 1.165) is 0 Å². The standard InChI is InChI=1S/C9H8BrCl2NO2S/c1-6(10)5-13-16(14,15)8-4-2-3-7(11)9(8)12/h2-4,13H,1,5H2. The van der Waals surface area contributed by atoms with Gasteiger partial charge in [0.1, 0.15) is 4.90 Å². The maximum Gasteiger partial charge on any atom is 0.242 e. The lowest BCUT2D eigenvalue weighted by molar-refractivity contribution is 0.585. The third-order valence-corrected chi connectivity index (χ3v) is 4.31. The van der Waals surface area contributed by atoms with E-state index in [-0.39, 0.29) is 21.5 Å². The maximum atomic E-state index is 11.8. The molecule has 0 unspecified atom stereocenters. The molecule has 1 N–H and O–H groups in total. The van der Waals surface area contributed by atoms with Crippen LogP contribution in [0, 0.1) is 0 Å². The van der Waals surface area contributed by atoms with Crippen molar-refractivity contribution in [1.29, 1.82) is 0 Å². The molecule has 0 aliphatic heterocycles. The zero-order valence-corrected chi connectivity index (χ0v) is 11.9. The van der Waals surface area contributed by atoms with Gasteiger partial charge >= 0.3 is 0 Å². The Balaban J connectivity index is 3.08. The molecule has 1 aromatic rings. The molecule has 16 heavy (non-hydrogen) atoms. The Kier molecular flexibility index (Phi) is 4.82. The monoisotopic (exact) mass is 343 g/mol. The third-order valence-electron chi connectivity index (χ3n) is 1.66. The summed E-state index contributed by atoms with van der Waals surface area (Å²) in [6, 6.07) is 4.42. The van der Waals surface area contributed by atoms with Crippen molar-refractivity contribution >= 4 is 49.2 Å². The van der Waals surface area contributed by atoms with Crippen LogP contribution < -0.4 is 4.72 Å². The number of hydrogen-bond donors (Lipinski definition) is 1. The molecule has 0 heterocycles. The zero-order chi connectivity index (χ0) is 12.3. The quantitative estimate of drug-likeness (QED) is 0.911. The number of hydrogen-bond acceptors (Lipinski definition) is 2. The van der Waals surface area contributed by atoms with Crippen LogP contribution in [0.4, 0.5) is 0 Å².